The standard InChI is InChI=1S/C15H14N2O/c18-15-14-12(7-8-16-15)17-11-6-5-9-3-1-2-4-10(9)13(11)14/h1-2,5-6,8,11-12,17H,3-4,7H2. The molecule has 3 nitrogen and oxygen atoms in total. The van der Waals surface area contributed by atoms with Gasteiger partial charge in [-0.3, -0.25) is 10.1 Å². The van der Waals surface area contributed by atoms with Gasteiger partial charge in [-0.2, -0.15) is 0 Å². The fraction of sp³-hybridized carbons (Fsp3) is 0.333. The number of fused-ring (bicyclic) bond motifs is 3. The van der Waals surface area contributed by atoms with Gasteiger partial charge >= 0.3 is 0 Å². The van der Waals surface area contributed by atoms with Crippen LogP contribution in [0.1, 0.15) is 19.3 Å². The van der Waals surface area contributed by atoms with E-state index in [2.05, 4.69) is 34.6 Å². The molecule has 0 bridgehead atoms. The maximum Gasteiger partial charge on any atom is 0.274 e. The van der Waals surface area contributed by atoms with Crippen molar-refractivity contribution in [3.63, 3.8) is 0 Å². The van der Waals surface area contributed by atoms with Gasteiger partial charge in [-0.15, -0.1) is 0 Å². The molecule has 18 heavy (non-hydrogen) atoms. The lowest BCUT2D eigenvalue weighted by Gasteiger charge is -2.24. The fourth-order valence-electron chi connectivity index (χ4n) is 3.33. The Kier molecular flexibility index (Phi) is 2.06. The Hall–Kier alpha value is -1.74. The number of rotatable bonds is 0. The van der Waals surface area contributed by atoms with Crippen LogP contribution < -0.4 is 5.32 Å². The molecule has 3 heteroatoms. The van der Waals surface area contributed by atoms with Gasteiger partial charge < -0.3 is 0 Å². The molecule has 2 aliphatic carbocycles. The molecule has 2 unspecified atom stereocenters. The summed E-state index contributed by atoms with van der Waals surface area (Å²) in [7, 11) is 0. The minimum absolute atomic E-state index is 0.0482. The Bertz CT molecular complexity index is 590. The zero-order chi connectivity index (χ0) is 12.1. The van der Waals surface area contributed by atoms with Crippen LogP contribution in [0.2, 0.25) is 0 Å². The van der Waals surface area contributed by atoms with E-state index < -0.39 is 0 Å². The normalized spacial score (nSPS) is 32.8. The molecule has 1 amide bonds. The first-order valence-corrected chi connectivity index (χ1v) is 6.47. The number of hydrogen-bond donors (Lipinski definition) is 1. The summed E-state index contributed by atoms with van der Waals surface area (Å²) < 4.78 is 0. The average molecular weight is 238 g/mol. The van der Waals surface area contributed by atoms with Gasteiger partial charge in [0.2, 0.25) is 0 Å². The number of nitrogens with zero attached hydrogens (tertiary/aromatic N) is 1. The zero-order valence-electron chi connectivity index (χ0n) is 10.0. The molecule has 0 radical (unpaired) electrons. The van der Waals surface area contributed by atoms with E-state index in [9.17, 15) is 4.79 Å². The highest BCUT2D eigenvalue weighted by Crippen LogP contribution is 2.40. The quantitative estimate of drug-likeness (QED) is 0.654. The summed E-state index contributed by atoms with van der Waals surface area (Å²) >= 11 is 0. The van der Waals surface area contributed by atoms with Crippen LogP contribution in [0, 0.1) is 0 Å². The van der Waals surface area contributed by atoms with Gasteiger partial charge in [0.05, 0.1) is 6.04 Å². The van der Waals surface area contributed by atoms with Crippen molar-refractivity contribution in [1.29, 1.82) is 0 Å². The third-order valence-electron chi connectivity index (χ3n) is 4.14. The van der Waals surface area contributed by atoms with E-state index in [0.717, 1.165) is 24.8 Å². The number of amides is 1. The molecule has 2 aliphatic heterocycles. The van der Waals surface area contributed by atoms with Crippen LogP contribution in [0.25, 0.3) is 0 Å². The first kappa shape index (κ1) is 10.2. The van der Waals surface area contributed by atoms with Gasteiger partial charge in [-0.05, 0) is 29.6 Å². The van der Waals surface area contributed by atoms with Gasteiger partial charge in [0.15, 0.2) is 0 Å². The molecule has 0 saturated carbocycles. The summed E-state index contributed by atoms with van der Waals surface area (Å²) in [6.45, 7) is 0. The molecule has 0 spiro atoms. The monoisotopic (exact) mass is 238 g/mol. The average Bonchev–Trinajstić information content (AvgIpc) is 2.79. The predicted octanol–water partition coefficient (Wildman–Crippen LogP) is 1.84. The highest BCUT2D eigenvalue weighted by atomic mass is 16.1. The van der Waals surface area contributed by atoms with Crippen LogP contribution in [0.4, 0.5) is 0 Å². The molecular weight excluding hydrogens is 224 g/mol. The molecule has 0 aromatic heterocycles. The Morgan fingerprint density at radius 3 is 3.06 bits per heavy atom. The van der Waals surface area contributed by atoms with Crippen molar-refractivity contribution < 1.29 is 4.79 Å². The molecule has 1 N–H and O–H groups in total. The molecule has 4 rings (SSSR count). The van der Waals surface area contributed by atoms with E-state index in [1.54, 1.807) is 6.21 Å². The largest absolute Gasteiger partial charge is 0.299 e. The minimum atomic E-state index is -0.0482. The van der Waals surface area contributed by atoms with Crippen LogP contribution in [-0.4, -0.2) is 24.2 Å². The Morgan fingerprint density at radius 1 is 1.22 bits per heavy atom. The molecule has 2 heterocycles. The molecule has 2 atom stereocenters. The Labute approximate surface area is 106 Å². The highest BCUT2D eigenvalue weighted by Gasteiger charge is 2.39. The summed E-state index contributed by atoms with van der Waals surface area (Å²) in [5.74, 6) is -0.0482. The highest BCUT2D eigenvalue weighted by molar-refractivity contribution is 6.04. The van der Waals surface area contributed by atoms with Crippen molar-refractivity contribution in [1.82, 2.24) is 5.32 Å². The number of carbonyl (C=O) groups is 1. The molecule has 0 aromatic carbocycles. The van der Waals surface area contributed by atoms with E-state index in [1.807, 2.05) is 0 Å². The number of carbonyl (C=O) groups excluding carboxylic acids is 1. The third-order valence-corrected chi connectivity index (χ3v) is 4.14. The number of nitrogens with one attached hydrogen (secondary N) is 1. The van der Waals surface area contributed by atoms with Gasteiger partial charge in [0, 0.05) is 24.3 Å². The van der Waals surface area contributed by atoms with Gasteiger partial charge in [0.1, 0.15) is 0 Å². The summed E-state index contributed by atoms with van der Waals surface area (Å²) in [6, 6.07) is 0.373. The summed E-state index contributed by atoms with van der Waals surface area (Å²) in [6.07, 6.45) is 13.3. The van der Waals surface area contributed by atoms with Crippen LogP contribution in [0.15, 0.2) is 51.6 Å². The summed E-state index contributed by atoms with van der Waals surface area (Å²) in [5, 5.41) is 3.53. The van der Waals surface area contributed by atoms with E-state index in [1.165, 1.54) is 16.7 Å². The fourth-order valence-corrected chi connectivity index (χ4v) is 3.33. The van der Waals surface area contributed by atoms with Crippen molar-refractivity contribution in [2.75, 3.05) is 0 Å². The number of hydrogen-bond acceptors (Lipinski definition) is 2. The van der Waals surface area contributed by atoms with Crippen molar-refractivity contribution >= 4 is 12.1 Å². The van der Waals surface area contributed by atoms with Crippen molar-refractivity contribution in [2.45, 2.75) is 31.3 Å². The lowest BCUT2D eigenvalue weighted by molar-refractivity contribution is -0.114. The Balaban J connectivity index is 1.90. The summed E-state index contributed by atoms with van der Waals surface area (Å²) in [4.78, 5) is 16.0. The number of allylic oxidation sites excluding steroid dienone is 4. The van der Waals surface area contributed by atoms with Gasteiger partial charge in [-0.25, -0.2) is 4.99 Å². The molecule has 0 saturated heterocycles. The lowest BCUT2D eigenvalue weighted by Crippen LogP contribution is -2.34. The zero-order valence-corrected chi connectivity index (χ0v) is 10.0. The second kappa shape index (κ2) is 3.62. The SMILES string of the molecule is O=C1N=CCC2NC3C=CC4=C(CC=CC4)C3=C12. The lowest BCUT2D eigenvalue weighted by atomic mass is 9.82. The second-order valence-electron chi connectivity index (χ2n) is 5.12. The first-order valence-electron chi connectivity index (χ1n) is 6.47. The van der Waals surface area contributed by atoms with Gasteiger partial charge in [-0.1, -0.05) is 24.3 Å². The van der Waals surface area contributed by atoms with E-state index in [-0.39, 0.29) is 18.0 Å². The van der Waals surface area contributed by atoms with Crippen molar-refractivity contribution in [2.24, 2.45) is 4.99 Å². The predicted molar refractivity (Wildman–Crippen MR) is 70.4 cm³/mol. The molecule has 4 aliphatic rings. The van der Waals surface area contributed by atoms with Crippen LogP contribution in [-0.2, 0) is 4.79 Å². The van der Waals surface area contributed by atoms with Crippen molar-refractivity contribution in [3.8, 4) is 0 Å². The minimum Gasteiger partial charge on any atom is -0.299 e. The van der Waals surface area contributed by atoms with E-state index in [4.69, 9.17) is 0 Å². The van der Waals surface area contributed by atoms with Crippen LogP contribution >= 0.6 is 0 Å². The maximum atomic E-state index is 12.0. The second-order valence-corrected chi connectivity index (χ2v) is 5.12. The summed E-state index contributed by atoms with van der Waals surface area (Å²) in [5.41, 5.74) is 4.83. The molecule has 0 aromatic rings. The van der Waals surface area contributed by atoms with Crippen LogP contribution in [0.3, 0.4) is 0 Å². The van der Waals surface area contributed by atoms with E-state index >= 15 is 0 Å². The van der Waals surface area contributed by atoms with E-state index in [0.29, 0.717) is 0 Å². The smallest absolute Gasteiger partial charge is 0.274 e. The molecule has 0 fully saturated rings. The first-order chi connectivity index (χ1) is 8.84. The van der Waals surface area contributed by atoms with Crippen molar-refractivity contribution in [3.05, 3.63) is 46.6 Å². The van der Waals surface area contributed by atoms with Gasteiger partial charge in [0.25, 0.3) is 5.91 Å². The third kappa shape index (κ3) is 1.28. The Morgan fingerprint density at radius 2 is 2.11 bits per heavy atom. The number of aliphatic imine (C=N–C) groups is 1. The maximum absolute atomic E-state index is 12.0. The molecular formula is C15H14N2O. The topological polar surface area (TPSA) is 41.5 Å². The van der Waals surface area contributed by atoms with Crippen LogP contribution in [0.5, 0.6) is 0 Å². The molecule has 90 valence electrons.